The number of hydrogen-bond acceptors (Lipinski definition) is 6. The molecule has 0 N–H and O–H groups in total. The van der Waals surface area contributed by atoms with Crippen LogP contribution >= 0.6 is 0 Å². The largest absolute Gasteiger partial charge is 0.484 e. The van der Waals surface area contributed by atoms with Crippen molar-refractivity contribution in [1.82, 2.24) is 30.0 Å². The Kier molecular flexibility index (Phi) is 5.94. The highest BCUT2D eigenvalue weighted by molar-refractivity contribution is 5.77. The first-order chi connectivity index (χ1) is 14.6. The van der Waals surface area contributed by atoms with E-state index in [1.54, 1.807) is 4.90 Å². The quantitative estimate of drug-likeness (QED) is 0.611. The van der Waals surface area contributed by atoms with Crippen LogP contribution in [0, 0.1) is 11.6 Å². The van der Waals surface area contributed by atoms with Gasteiger partial charge in [-0.15, -0.1) is 5.10 Å². The Morgan fingerprint density at radius 2 is 1.77 bits per heavy atom. The van der Waals surface area contributed by atoms with Gasteiger partial charge in [0.05, 0.1) is 12.2 Å². The first-order valence-electron chi connectivity index (χ1n) is 9.51. The number of ether oxygens (including phenoxy) is 1. The van der Waals surface area contributed by atoms with Gasteiger partial charge in [-0.25, -0.2) is 8.78 Å². The average Bonchev–Trinajstić information content (AvgIpc) is 3.23. The highest BCUT2D eigenvalue weighted by atomic mass is 19.2. The monoisotopic (exact) mass is 414 g/mol. The molecule has 0 unspecified atom stereocenters. The molecule has 1 aromatic heterocycles. The average molecular weight is 414 g/mol. The van der Waals surface area contributed by atoms with Crippen LogP contribution in [0.4, 0.5) is 8.78 Å². The van der Waals surface area contributed by atoms with Crippen LogP contribution in [-0.2, 0) is 11.3 Å². The summed E-state index contributed by atoms with van der Waals surface area (Å²) in [4.78, 5) is 16.2. The molecular weight excluding hydrogens is 394 g/mol. The Hall–Kier alpha value is -3.40. The van der Waals surface area contributed by atoms with E-state index in [4.69, 9.17) is 4.74 Å². The molecule has 1 amide bonds. The molecule has 1 aliphatic rings. The lowest BCUT2D eigenvalue weighted by atomic mass is 10.3. The highest BCUT2D eigenvalue weighted by Gasteiger charge is 2.23. The number of carbonyl (C=O) groups is 1. The van der Waals surface area contributed by atoms with E-state index in [9.17, 15) is 13.6 Å². The van der Waals surface area contributed by atoms with Crippen LogP contribution in [0.15, 0.2) is 48.5 Å². The maximum atomic E-state index is 13.5. The number of halogens is 2. The predicted molar refractivity (Wildman–Crippen MR) is 103 cm³/mol. The molecule has 30 heavy (non-hydrogen) atoms. The van der Waals surface area contributed by atoms with Crippen LogP contribution in [0.3, 0.4) is 0 Å². The number of hydrogen-bond donors (Lipinski definition) is 0. The van der Waals surface area contributed by atoms with E-state index in [0.717, 1.165) is 12.1 Å². The van der Waals surface area contributed by atoms with E-state index >= 15 is 0 Å². The number of aromatic nitrogens is 4. The summed E-state index contributed by atoms with van der Waals surface area (Å²) in [6.45, 7) is 2.82. The van der Waals surface area contributed by atoms with Crippen molar-refractivity contribution >= 4 is 5.91 Å². The third-order valence-corrected chi connectivity index (χ3v) is 4.88. The maximum Gasteiger partial charge on any atom is 0.260 e. The summed E-state index contributed by atoms with van der Waals surface area (Å²) in [6, 6.07) is 12.7. The lowest BCUT2D eigenvalue weighted by Crippen LogP contribution is -2.49. The minimum atomic E-state index is -0.959. The van der Waals surface area contributed by atoms with Gasteiger partial charge in [-0.2, -0.15) is 4.68 Å². The van der Waals surface area contributed by atoms with E-state index in [2.05, 4.69) is 20.4 Å². The van der Waals surface area contributed by atoms with Crippen molar-refractivity contribution < 1.29 is 18.3 Å². The van der Waals surface area contributed by atoms with E-state index in [-0.39, 0.29) is 12.5 Å². The molecule has 2 aromatic carbocycles. The van der Waals surface area contributed by atoms with Crippen LogP contribution < -0.4 is 4.74 Å². The molecule has 10 heteroatoms. The molecule has 1 fully saturated rings. The smallest absolute Gasteiger partial charge is 0.260 e. The molecule has 2 heterocycles. The fourth-order valence-electron chi connectivity index (χ4n) is 3.23. The van der Waals surface area contributed by atoms with Crippen LogP contribution in [0.25, 0.3) is 5.69 Å². The van der Waals surface area contributed by atoms with Gasteiger partial charge in [-0.05, 0) is 34.7 Å². The summed E-state index contributed by atoms with van der Waals surface area (Å²) in [5.74, 6) is -0.781. The van der Waals surface area contributed by atoms with Crippen LogP contribution in [0.2, 0.25) is 0 Å². The number of benzene rings is 2. The standard InChI is InChI=1S/C20H20F2N6O2/c21-17-7-6-15(12-18(17)22)28-19(23-24-25-28)13-26-8-10-27(11-9-26)20(29)14-30-16-4-2-1-3-5-16/h1-7,12H,8-11,13-14H2. The molecule has 0 aliphatic carbocycles. The van der Waals surface area contributed by atoms with Crippen molar-refractivity contribution in [2.45, 2.75) is 6.54 Å². The van der Waals surface area contributed by atoms with E-state index in [1.807, 2.05) is 30.3 Å². The normalized spacial score (nSPS) is 14.7. The Balaban J connectivity index is 1.31. The van der Waals surface area contributed by atoms with Crippen LogP contribution in [0.1, 0.15) is 5.82 Å². The third-order valence-electron chi connectivity index (χ3n) is 4.88. The molecule has 0 atom stereocenters. The van der Waals surface area contributed by atoms with Gasteiger partial charge in [-0.1, -0.05) is 18.2 Å². The zero-order chi connectivity index (χ0) is 20.9. The lowest BCUT2D eigenvalue weighted by molar-refractivity contribution is -0.135. The fourth-order valence-corrected chi connectivity index (χ4v) is 3.23. The Morgan fingerprint density at radius 1 is 1.00 bits per heavy atom. The van der Waals surface area contributed by atoms with Gasteiger partial charge in [0.25, 0.3) is 5.91 Å². The zero-order valence-corrected chi connectivity index (χ0v) is 16.1. The summed E-state index contributed by atoms with van der Waals surface area (Å²) in [5.41, 5.74) is 0.348. The van der Waals surface area contributed by atoms with Crippen molar-refractivity contribution in [1.29, 1.82) is 0 Å². The summed E-state index contributed by atoms with van der Waals surface area (Å²) in [6.07, 6.45) is 0. The SMILES string of the molecule is O=C(COc1ccccc1)N1CCN(Cc2nnnn2-c2ccc(F)c(F)c2)CC1. The van der Waals surface area contributed by atoms with Gasteiger partial charge in [0.1, 0.15) is 5.75 Å². The number of amides is 1. The topological polar surface area (TPSA) is 76.4 Å². The molecule has 4 rings (SSSR count). The minimum absolute atomic E-state index is 0.00160. The Bertz CT molecular complexity index is 1010. The van der Waals surface area contributed by atoms with Crippen molar-refractivity contribution in [2.75, 3.05) is 32.8 Å². The van der Waals surface area contributed by atoms with Crippen LogP contribution in [0.5, 0.6) is 5.75 Å². The predicted octanol–water partition coefficient (Wildman–Crippen LogP) is 1.66. The third kappa shape index (κ3) is 4.60. The molecule has 0 saturated carbocycles. The molecule has 1 aliphatic heterocycles. The van der Waals surface area contributed by atoms with Gasteiger partial charge in [0.2, 0.25) is 0 Å². The molecule has 0 spiro atoms. The summed E-state index contributed by atoms with van der Waals surface area (Å²) in [7, 11) is 0. The van der Waals surface area contributed by atoms with Crippen molar-refractivity contribution in [3.8, 4) is 11.4 Å². The van der Waals surface area contributed by atoms with E-state index in [0.29, 0.717) is 50.0 Å². The minimum Gasteiger partial charge on any atom is -0.484 e. The Labute approximate surface area is 171 Å². The number of tetrazole rings is 1. The first kappa shape index (κ1) is 19.9. The molecule has 8 nitrogen and oxygen atoms in total. The molecule has 1 saturated heterocycles. The maximum absolute atomic E-state index is 13.5. The Morgan fingerprint density at radius 3 is 2.50 bits per heavy atom. The number of nitrogens with zero attached hydrogens (tertiary/aromatic N) is 6. The van der Waals surface area contributed by atoms with Gasteiger partial charge in [0.15, 0.2) is 24.1 Å². The van der Waals surface area contributed by atoms with Gasteiger partial charge < -0.3 is 9.64 Å². The van der Waals surface area contributed by atoms with E-state index in [1.165, 1.54) is 10.7 Å². The van der Waals surface area contributed by atoms with Gasteiger partial charge in [-0.3, -0.25) is 9.69 Å². The first-order valence-corrected chi connectivity index (χ1v) is 9.51. The zero-order valence-electron chi connectivity index (χ0n) is 16.1. The lowest BCUT2D eigenvalue weighted by Gasteiger charge is -2.34. The molecule has 156 valence electrons. The second-order valence-electron chi connectivity index (χ2n) is 6.86. The van der Waals surface area contributed by atoms with Crippen molar-refractivity contribution in [3.63, 3.8) is 0 Å². The number of carbonyl (C=O) groups excluding carboxylic acids is 1. The number of rotatable bonds is 6. The van der Waals surface area contributed by atoms with Crippen LogP contribution in [-0.4, -0.2) is 68.7 Å². The van der Waals surface area contributed by atoms with Gasteiger partial charge >= 0.3 is 0 Å². The van der Waals surface area contributed by atoms with Crippen molar-refractivity contribution in [3.05, 3.63) is 66.0 Å². The van der Waals surface area contributed by atoms with Gasteiger partial charge in [0, 0.05) is 32.2 Å². The second-order valence-corrected chi connectivity index (χ2v) is 6.86. The number of piperazine rings is 1. The second kappa shape index (κ2) is 8.95. The van der Waals surface area contributed by atoms with E-state index < -0.39 is 11.6 Å². The molecule has 3 aromatic rings. The summed E-state index contributed by atoms with van der Waals surface area (Å²) < 4.78 is 33.6. The molecule has 0 bridgehead atoms. The summed E-state index contributed by atoms with van der Waals surface area (Å²) >= 11 is 0. The molecule has 0 radical (unpaired) electrons. The van der Waals surface area contributed by atoms with Crippen molar-refractivity contribution in [2.24, 2.45) is 0 Å². The molecular formula is C20H20F2N6O2. The fraction of sp³-hybridized carbons (Fsp3) is 0.300. The number of para-hydroxylation sites is 1. The highest BCUT2D eigenvalue weighted by Crippen LogP contribution is 2.15. The summed E-state index contributed by atoms with van der Waals surface area (Å²) in [5, 5.41) is 11.5.